The first kappa shape index (κ1) is 14.0. The fourth-order valence-corrected chi connectivity index (χ4v) is 3.64. The first-order valence-electron chi connectivity index (χ1n) is 5.90. The lowest BCUT2D eigenvalue weighted by atomic mass is 10.0. The molecule has 0 aliphatic carbocycles. The van der Waals surface area contributed by atoms with Crippen LogP contribution < -0.4 is 0 Å². The minimum absolute atomic E-state index is 0.0139. The number of rotatable bonds is 3. The Kier molecular flexibility index (Phi) is 3.86. The number of carboxylic acid groups (broad SMARTS) is 1. The number of carbonyl (C=O) groups is 1. The SMILES string of the molecule is O=C(O)[C@H]1CCCN(S(=O)(=O)c2ccc(F)cc2)C1. The highest BCUT2D eigenvalue weighted by Gasteiger charge is 2.33. The highest BCUT2D eigenvalue weighted by molar-refractivity contribution is 7.89. The molecule has 5 nitrogen and oxygen atoms in total. The van der Waals surface area contributed by atoms with Gasteiger partial charge in [-0.3, -0.25) is 4.79 Å². The zero-order chi connectivity index (χ0) is 14.0. The summed E-state index contributed by atoms with van der Waals surface area (Å²) in [5.41, 5.74) is 0. The van der Waals surface area contributed by atoms with E-state index in [-0.39, 0.29) is 11.4 Å². The van der Waals surface area contributed by atoms with Crippen molar-refractivity contribution in [3.8, 4) is 0 Å². The van der Waals surface area contributed by atoms with Crippen LogP contribution in [0.4, 0.5) is 4.39 Å². The van der Waals surface area contributed by atoms with Gasteiger partial charge in [-0.25, -0.2) is 12.8 Å². The summed E-state index contributed by atoms with van der Waals surface area (Å²) in [6.45, 7) is 0.262. The second-order valence-corrected chi connectivity index (χ2v) is 6.43. The first-order valence-corrected chi connectivity index (χ1v) is 7.34. The number of sulfonamides is 1. The Morgan fingerprint density at radius 2 is 1.95 bits per heavy atom. The van der Waals surface area contributed by atoms with E-state index in [2.05, 4.69) is 0 Å². The fraction of sp³-hybridized carbons (Fsp3) is 0.417. The summed E-state index contributed by atoms with van der Waals surface area (Å²) >= 11 is 0. The minimum Gasteiger partial charge on any atom is -0.481 e. The van der Waals surface area contributed by atoms with Crippen molar-refractivity contribution in [3.05, 3.63) is 30.1 Å². The number of piperidine rings is 1. The van der Waals surface area contributed by atoms with Gasteiger partial charge in [-0.1, -0.05) is 0 Å². The number of halogens is 1. The van der Waals surface area contributed by atoms with E-state index in [0.29, 0.717) is 19.4 Å². The molecule has 1 heterocycles. The Labute approximate surface area is 110 Å². The molecule has 1 saturated heterocycles. The zero-order valence-electron chi connectivity index (χ0n) is 10.1. The van der Waals surface area contributed by atoms with Gasteiger partial charge in [0, 0.05) is 13.1 Å². The monoisotopic (exact) mass is 287 g/mol. The van der Waals surface area contributed by atoms with Crippen molar-refractivity contribution in [1.82, 2.24) is 4.31 Å². The van der Waals surface area contributed by atoms with E-state index in [1.165, 1.54) is 12.1 Å². The Balaban J connectivity index is 2.24. The molecule has 0 unspecified atom stereocenters. The normalized spacial score (nSPS) is 21.2. The molecule has 0 aromatic heterocycles. The molecule has 0 spiro atoms. The summed E-state index contributed by atoms with van der Waals surface area (Å²) in [4.78, 5) is 10.9. The molecule has 2 rings (SSSR count). The molecule has 0 bridgehead atoms. The van der Waals surface area contributed by atoms with Crippen LogP contribution in [0, 0.1) is 11.7 Å². The molecule has 104 valence electrons. The number of benzene rings is 1. The van der Waals surface area contributed by atoms with Gasteiger partial charge in [-0.05, 0) is 37.1 Å². The fourth-order valence-electron chi connectivity index (χ4n) is 2.12. The summed E-state index contributed by atoms with van der Waals surface area (Å²) in [6.07, 6.45) is 0.988. The summed E-state index contributed by atoms with van der Waals surface area (Å²) in [7, 11) is -3.74. The molecule has 1 N–H and O–H groups in total. The van der Waals surface area contributed by atoms with Crippen LogP contribution in [-0.4, -0.2) is 36.9 Å². The number of hydrogen-bond acceptors (Lipinski definition) is 3. The highest BCUT2D eigenvalue weighted by atomic mass is 32.2. The number of nitrogens with zero attached hydrogens (tertiary/aromatic N) is 1. The van der Waals surface area contributed by atoms with Gasteiger partial charge in [0.25, 0.3) is 0 Å². The molecule has 0 saturated carbocycles. The molecule has 1 fully saturated rings. The van der Waals surface area contributed by atoms with E-state index in [4.69, 9.17) is 5.11 Å². The van der Waals surface area contributed by atoms with E-state index in [1.807, 2.05) is 0 Å². The highest BCUT2D eigenvalue weighted by Crippen LogP contribution is 2.23. The van der Waals surface area contributed by atoms with Gasteiger partial charge in [0.1, 0.15) is 5.82 Å². The average molecular weight is 287 g/mol. The van der Waals surface area contributed by atoms with Gasteiger partial charge in [-0.15, -0.1) is 0 Å². The Morgan fingerprint density at radius 3 is 2.53 bits per heavy atom. The van der Waals surface area contributed by atoms with Gasteiger partial charge in [0.2, 0.25) is 10.0 Å². The van der Waals surface area contributed by atoms with Gasteiger partial charge >= 0.3 is 5.97 Å². The van der Waals surface area contributed by atoms with Crippen LogP contribution >= 0.6 is 0 Å². The smallest absolute Gasteiger partial charge is 0.307 e. The Hall–Kier alpha value is -1.47. The van der Waals surface area contributed by atoms with E-state index in [0.717, 1.165) is 16.4 Å². The minimum atomic E-state index is -3.74. The maximum atomic E-state index is 12.8. The van der Waals surface area contributed by atoms with Crippen molar-refractivity contribution in [1.29, 1.82) is 0 Å². The lowest BCUT2D eigenvalue weighted by Gasteiger charge is -2.29. The van der Waals surface area contributed by atoms with Gasteiger partial charge in [0.15, 0.2) is 0 Å². The van der Waals surface area contributed by atoms with Crippen molar-refractivity contribution in [3.63, 3.8) is 0 Å². The quantitative estimate of drug-likeness (QED) is 0.909. The third-order valence-electron chi connectivity index (χ3n) is 3.18. The van der Waals surface area contributed by atoms with Gasteiger partial charge < -0.3 is 5.11 Å². The summed E-state index contributed by atoms with van der Waals surface area (Å²) < 4.78 is 38.5. The molecule has 0 amide bonds. The molecule has 7 heteroatoms. The molecule has 1 aromatic rings. The molecule has 0 radical (unpaired) electrons. The number of hydrogen-bond donors (Lipinski definition) is 1. The molecule has 1 aromatic carbocycles. The van der Waals surface area contributed by atoms with Crippen LogP contribution in [0.5, 0.6) is 0 Å². The van der Waals surface area contributed by atoms with Crippen molar-refractivity contribution in [2.24, 2.45) is 5.92 Å². The van der Waals surface area contributed by atoms with Crippen LogP contribution in [-0.2, 0) is 14.8 Å². The number of aliphatic carboxylic acids is 1. The van der Waals surface area contributed by atoms with Crippen LogP contribution in [0.3, 0.4) is 0 Å². The first-order chi connectivity index (χ1) is 8.91. The van der Waals surface area contributed by atoms with E-state index in [9.17, 15) is 17.6 Å². The summed E-state index contributed by atoms with van der Waals surface area (Å²) in [5.74, 6) is -2.18. The van der Waals surface area contributed by atoms with Crippen molar-refractivity contribution < 1.29 is 22.7 Å². The van der Waals surface area contributed by atoms with Gasteiger partial charge in [0.05, 0.1) is 10.8 Å². The van der Waals surface area contributed by atoms with Crippen LogP contribution in [0.2, 0.25) is 0 Å². The third kappa shape index (κ3) is 2.93. The lowest BCUT2D eigenvalue weighted by molar-refractivity contribution is -0.142. The Morgan fingerprint density at radius 1 is 1.32 bits per heavy atom. The predicted octanol–water partition coefficient (Wildman–Crippen LogP) is 1.31. The number of carboxylic acids is 1. The Bertz CT molecular complexity index is 570. The third-order valence-corrected chi connectivity index (χ3v) is 5.06. The molecule has 1 aliphatic heterocycles. The molecule has 19 heavy (non-hydrogen) atoms. The second kappa shape index (κ2) is 5.26. The topological polar surface area (TPSA) is 74.7 Å². The predicted molar refractivity (Wildman–Crippen MR) is 65.5 cm³/mol. The molecular weight excluding hydrogens is 273 g/mol. The maximum absolute atomic E-state index is 12.8. The van der Waals surface area contributed by atoms with Crippen LogP contribution in [0.15, 0.2) is 29.2 Å². The van der Waals surface area contributed by atoms with E-state index < -0.39 is 27.7 Å². The molecule has 1 atom stereocenters. The van der Waals surface area contributed by atoms with E-state index in [1.54, 1.807) is 0 Å². The van der Waals surface area contributed by atoms with Crippen molar-refractivity contribution >= 4 is 16.0 Å². The van der Waals surface area contributed by atoms with Crippen LogP contribution in [0.25, 0.3) is 0 Å². The molecule has 1 aliphatic rings. The van der Waals surface area contributed by atoms with Crippen molar-refractivity contribution in [2.45, 2.75) is 17.7 Å². The maximum Gasteiger partial charge on any atom is 0.307 e. The summed E-state index contributed by atoms with van der Waals surface area (Å²) in [5, 5.41) is 8.96. The average Bonchev–Trinajstić information content (AvgIpc) is 2.39. The largest absolute Gasteiger partial charge is 0.481 e. The van der Waals surface area contributed by atoms with E-state index >= 15 is 0 Å². The zero-order valence-corrected chi connectivity index (χ0v) is 10.9. The summed E-state index contributed by atoms with van der Waals surface area (Å²) in [6, 6.07) is 4.53. The van der Waals surface area contributed by atoms with Crippen molar-refractivity contribution in [2.75, 3.05) is 13.1 Å². The standard InChI is InChI=1S/C12H14FNO4S/c13-10-3-5-11(6-4-10)19(17,18)14-7-1-2-9(8-14)12(15)16/h3-6,9H,1-2,7-8H2,(H,15,16)/t9-/m0/s1. The second-order valence-electron chi connectivity index (χ2n) is 4.49. The molecular formula is C12H14FNO4S. The lowest BCUT2D eigenvalue weighted by Crippen LogP contribution is -2.42. The van der Waals surface area contributed by atoms with Crippen LogP contribution in [0.1, 0.15) is 12.8 Å². The van der Waals surface area contributed by atoms with Gasteiger partial charge in [-0.2, -0.15) is 4.31 Å².